The highest BCUT2D eigenvalue weighted by molar-refractivity contribution is 9.10. The lowest BCUT2D eigenvalue weighted by Gasteiger charge is -2.25. The van der Waals surface area contributed by atoms with Crippen molar-refractivity contribution < 1.29 is 0 Å². The standard InChI is InChI=1S/C17H22BrN3/c1-11-6-8-12(9-7-11)16-15(17(19)21(2)20-16)13-4-3-5-14(18)10-13/h3-5,10-12H,6-9,19H2,1-2H3. The van der Waals surface area contributed by atoms with Crippen molar-refractivity contribution in [2.24, 2.45) is 13.0 Å². The number of aryl methyl sites for hydroxylation is 1. The Bertz CT molecular complexity index is 639. The Morgan fingerprint density at radius 3 is 2.62 bits per heavy atom. The van der Waals surface area contributed by atoms with Gasteiger partial charge >= 0.3 is 0 Å². The molecule has 1 aliphatic carbocycles. The summed E-state index contributed by atoms with van der Waals surface area (Å²) in [4.78, 5) is 0. The summed E-state index contributed by atoms with van der Waals surface area (Å²) in [6.07, 6.45) is 5.02. The number of anilines is 1. The topological polar surface area (TPSA) is 43.8 Å². The SMILES string of the molecule is CC1CCC(c2nn(C)c(N)c2-c2cccc(Br)c2)CC1. The summed E-state index contributed by atoms with van der Waals surface area (Å²) in [6.45, 7) is 2.35. The maximum absolute atomic E-state index is 6.30. The molecule has 0 spiro atoms. The molecule has 0 atom stereocenters. The lowest BCUT2D eigenvalue weighted by Crippen LogP contribution is -2.12. The van der Waals surface area contributed by atoms with Crippen molar-refractivity contribution in [3.63, 3.8) is 0 Å². The van der Waals surface area contributed by atoms with E-state index >= 15 is 0 Å². The molecule has 0 amide bonds. The van der Waals surface area contributed by atoms with E-state index in [1.165, 1.54) is 31.4 Å². The van der Waals surface area contributed by atoms with Gasteiger partial charge in [-0.1, -0.05) is 47.8 Å². The second-order valence-corrected chi connectivity index (χ2v) is 7.15. The number of nitrogen functional groups attached to an aromatic ring is 1. The van der Waals surface area contributed by atoms with E-state index in [0.29, 0.717) is 5.92 Å². The average Bonchev–Trinajstić information content (AvgIpc) is 2.76. The predicted molar refractivity (Wildman–Crippen MR) is 91.1 cm³/mol. The number of aromatic nitrogens is 2. The number of rotatable bonds is 2. The van der Waals surface area contributed by atoms with Crippen LogP contribution in [0.3, 0.4) is 0 Å². The highest BCUT2D eigenvalue weighted by Crippen LogP contribution is 2.41. The van der Waals surface area contributed by atoms with Gasteiger partial charge in [-0.3, -0.25) is 4.68 Å². The molecular weight excluding hydrogens is 326 g/mol. The van der Waals surface area contributed by atoms with Crippen LogP contribution in [0.25, 0.3) is 11.1 Å². The molecule has 1 fully saturated rings. The van der Waals surface area contributed by atoms with Crippen LogP contribution >= 0.6 is 15.9 Å². The summed E-state index contributed by atoms with van der Waals surface area (Å²) < 4.78 is 2.90. The van der Waals surface area contributed by atoms with Crippen molar-refractivity contribution in [1.82, 2.24) is 9.78 Å². The van der Waals surface area contributed by atoms with Gasteiger partial charge in [0.05, 0.1) is 5.69 Å². The van der Waals surface area contributed by atoms with Gasteiger partial charge in [-0.05, 0) is 36.5 Å². The molecule has 2 aromatic rings. The second-order valence-electron chi connectivity index (χ2n) is 6.24. The normalized spacial score (nSPS) is 22.4. The van der Waals surface area contributed by atoms with Crippen LogP contribution in [-0.2, 0) is 7.05 Å². The fourth-order valence-corrected chi connectivity index (χ4v) is 3.72. The maximum atomic E-state index is 6.30. The van der Waals surface area contributed by atoms with Crippen LogP contribution in [0.15, 0.2) is 28.7 Å². The quantitative estimate of drug-likeness (QED) is 0.853. The first-order chi connectivity index (χ1) is 10.1. The van der Waals surface area contributed by atoms with Gasteiger partial charge in [0.25, 0.3) is 0 Å². The molecule has 0 aliphatic heterocycles. The highest BCUT2D eigenvalue weighted by Gasteiger charge is 2.27. The van der Waals surface area contributed by atoms with Crippen LogP contribution in [0.4, 0.5) is 5.82 Å². The van der Waals surface area contributed by atoms with E-state index in [-0.39, 0.29) is 0 Å². The Morgan fingerprint density at radius 1 is 1.24 bits per heavy atom. The third kappa shape index (κ3) is 2.86. The molecule has 3 nitrogen and oxygen atoms in total. The molecule has 2 N–H and O–H groups in total. The van der Waals surface area contributed by atoms with Gasteiger partial charge in [0, 0.05) is 23.0 Å². The van der Waals surface area contributed by atoms with E-state index in [0.717, 1.165) is 27.3 Å². The molecule has 1 aromatic heterocycles. The van der Waals surface area contributed by atoms with Crippen molar-refractivity contribution in [3.8, 4) is 11.1 Å². The predicted octanol–water partition coefficient (Wildman–Crippen LogP) is 4.73. The van der Waals surface area contributed by atoms with Gasteiger partial charge in [0.15, 0.2) is 0 Å². The number of hydrogen-bond acceptors (Lipinski definition) is 2. The van der Waals surface area contributed by atoms with Crippen LogP contribution in [0.5, 0.6) is 0 Å². The molecule has 4 heteroatoms. The first-order valence-electron chi connectivity index (χ1n) is 7.64. The molecule has 0 unspecified atom stereocenters. The molecule has 1 aromatic carbocycles. The van der Waals surface area contributed by atoms with Crippen molar-refractivity contribution in [2.75, 3.05) is 5.73 Å². The van der Waals surface area contributed by atoms with Crippen molar-refractivity contribution in [2.45, 2.75) is 38.5 Å². The molecular formula is C17H22BrN3. The third-order valence-electron chi connectivity index (χ3n) is 4.63. The summed E-state index contributed by atoms with van der Waals surface area (Å²) >= 11 is 3.55. The van der Waals surface area contributed by atoms with Crippen LogP contribution in [0.2, 0.25) is 0 Å². The van der Waals surface area contributed by atoms with Crippen LogP contribution in [0, 0.1) is 5.92 Å². The summed E-state index contributed by atoms with van der Waals surface area (Å²) in [7, 11) is 1.94. The zero-order chi connectivity index (χ0) is 15.0. The number of halogens is 1. The van der Waals surface area contributed by atoms with Gasteiger partial charge in [0.1, 0.15) is 5.82 Å². The smallest absolute Gasteiger partial charge is 0.129 e. The fraction of sp³-hybridized carbons (Fsp3) is 0.471. The van der Waals surface area contributed by atoms with Crippen molar-refractivity contribution >= 4 is 21.7 Å². The minimum atomic E-state index is 0.540. The molecule has 0 saturated heterocycles. The monoisotopic (exact) mass is 347 g/mol. The molecule has 3 rings (SSSR count). The first kappa shape index (κ1) is 14.6. The lowest BCUT2D eigenvalue weighted by molar-refractivity contribution is 0.343. The molecule has 1 heterocycles. The summed E-state index contributed by atoms with van der Waals surface area (Å²) in [5.41, 5.74) is 9.76. The van der Waals surface area contributed by atoms with E-state index in [4.69, 9.17) is 10.8 Å². The zero-order valence-electron chi connectivity index (χ0n) is 12.6. The number of hydrogen-bond donors (Lipinski definition) is 1. The van der Waals surface area contributed by atoms with Gasteiger partial charge < -0.3 is 5.73 Å². The Hall–Kier alpha value is -1.29. The second kappa shape index (κ2) is 5.84. The Morgan fingerprint density at radius 2 is 1.95 bits per heavy atom. The largest absolute Gasteiger partial charge is 0.383 e. The van der Waals surface area contributed by atoms with Gasteiger partial charge in [-0.25, -0.2) is 0 Å². The Balaban J connectivity index is 2.03. The van der Waals surface area contributed by atoms with Crippen molar-refractivity contribution in [3.05, 3.63) is 34.4 Å². The fourth-order valence-electron chi connectivity index (χ4n) is 3.32. The average molecular weight is 348 g/mol. The number of nitrogens with zero attached hydrogens (tertiary/aromatic N) is 2. The number of nitrogens with two attached hydrogens (primary N) is 1. The Labute approximate surface area is 134 Å². The molecule has 0 radical (unpaired) electrons. The zero-order valence-corrected chi connectivity index (χ0v) is 14.2. The third-order valence-corrected chi connectivity index (χ3v) is 5.13. The first-order valence-corrected chi connectivity index (χ1v) is 8.44. The van der Waals surface area contributed by atoms with Gasteiger partial charge in [0.2, 0.25) is 0 Å². The van der Waals surface area contributed by atoms with E-state index < -0.39 is 0 Å². The van der Waals surface area contributed by atoms with E-state index in [9.17, 15) is 0 Å². The Kier molecular flexibility index (Phi) is 4.07. The molecule has 21 heavy (non-hydrogen) atoms. The minimum absolute atomic E-state index is 0.540. The van der Waals surface area contributed by atoms with E-state index in [2.05, 4.69) is 41.1 Å². The lowest BCUT2D eigenvalue weighted by atomic mass is 9.80. The highest BCUT2D eigenvalue weighted by atomic mass is 79.9. The van der Waals surface area contributed by atoms with Crippen LogP contribution in [-0.4, -0.2) is 9.78 Å². The van der Waals surface area contributed by atoms with Crippen molar-refractivity contribution in [1.29, 1.82) is 0 Å². The van der Waals surface area contributed by atoms with E-state index in [1.54, 1.807) is 0 Å². The van der Waals surface area contributed by atoms with Gasteiger partial charge in [-0.15, -0.1) is 0 Å². The molecule has 1 saturated carbocycles. The number of benzene rings is 1. The summed E-state index contributed by atoms with van der Waals surface area (Å²) in [5.74, 6) is 2.15. The van der Waals surface area contributed by atoms with Crippen LogP contribution in [0.1, 0.15) is 44.2 Å². The molecule has 0 bridgehead atoms. The molecule has 1 aliphatic rings. The van der Waals surface area contributed by atoms with Crippen LogP contribution < -0.4 is 5.73 Å². The minimum Gasteiger partial charge on any atom is -0.383 e. The van der Waals surface area contributed by atoms with Gasteiger partial charge in [-0.2, -0.15) is 5.10 Å². The summed E-state index contributed by atoms with van der Waals surface area (Å²) in [5, 5.41) is 4.74. The maximum Gasteiger partial charge on any atom is 0.129 e. The van der Waals surface area contributed by atoms with E-state index in [1.807, 2.05) is 17.8 Å². The summed E-state index contributed by atoms with van der Waals surface area (Å²) in [6, 6.07) is 8.34. The molecule has 112 valence electrons.